The lowest BCUT2D eigenvalue weighted by molar-refractivity contribution is 0.862. The van der Waals surface area contributed by atoms with Crippen LogP contribution < -0.4 is 0 Å². The lowest BCUT2D eigenvalue weighted by Gasteiger charge is -2.03. The minimum Gasteiger partial charge on any atom is -0.346 e. The zero-order chi connectivity index (χ0) is 8.55. The van der Waals surface area contributed by atoms with Crippen LogP contribution in [-0.2, 0) is 0 Å². The summed E-state index contributed by atoms with van der Waals surface area (Å²) in [5.74, 6) is 0.553. The molecular formula is C11H16N2. The normalized spacial score (nSPS) is 10.4. The summed E-state index contributed by atoms with van der Waals surface area (Å²) in [5.41, 5.74) is 2.27. The van der Waals surface area contributed by atoms with E-state index in [-0.39, 0.29) is 7.43 Å². The van der Waals surface area contributed by atoms with Gasteiger partial charge in [-0.1, -0.05) is 21.3 Å². The minimum atomic E-state index is 0. The number of hydrogen-bond acceptors (Lipinski definition) is 1. The molecule has 0 radical (unpaired) electrons. The number of nitrogens with zero attached hydrogens (tertiary/aromatic N) is 1. The van der Waals surface area contributed by atoms with Crippen molar-refractivity contribution in [2.45, 2.75) is 27.2 Å². The Morgan fingerprint density at radius 1 is 1.38 bits per heavy atom. The molecule has 0 aliphatic rings. The number of pyridine rings is 1. The molecule has 0 spiro atoms. The van der Waals surface area contributed by atoms with E-state index >= 15 is 0 Å². The van der Waals surface area contributed by atoms with Crippen LogP contribution in [-0.4, -0.2) is 9.97 Å². The molecule has 13 heavy (non-hydrogen) atoms. The van der Waals surface area contributed by atoms with Crippen LogP contribution in [0.4, 0.5) is 0 Å². The highest BCUT2D eigenvalue weighted by atomic mass is 14.8. The molecule has 2 heteroatoms. The Hall–Kier alpha value is -1.31. The van der Waals surface area contributed by atoms with Crippen LogP contribution in [0.1, 0.15) is 32.8 Å². The third-order valence-electron chi connectivity index (χ3n) is 2.09. The Bertz CT molecular complexity index is 388. The molecule has 0 saturated carbocycles. The average molecular weight is 176 g/mol. The van der Waals surface area contributed by atoms with Gasteiger partial charge in [-0.2, -0.15) is 0 Å². The van der Waals surface area contributed by atoms with Crippen molar-refractivity contribution in [2.75, 3.05) is 0 Å². The SMILES string of the molecule is C.CC(C)c1cnc2[nH]ccc2c1. The highest BCUT2D eigenvalue weighted by molar-refractivity contribution is 5.75. The zero-order valence-corrected chi connectivity index (χ0v) is 7.33. The molecule has 0 unspecified atom stereocenters. The van der Waals surface area contributed by atoms with Gasteiger partial charge < -0.3 is 4.98 Å². The molecule has 0 bridgehead atoms. The van der Waals surface area contributed by atoms with Gasteiger partial charge in [0.15, 0.2) is 0 Å². The van der Waals surface area contributed by atoms with Gasteiger partial charge in [-0.25, -0.2) is 4.98 Å². The second-order valence-corrected chi connectivity index (χ2v) is 3.34. The maximum absolute atomic E-state index is 4.31. The Balaban J connectivity index is 0.000000845. The van der Waals surface area contributed by atoms with Gasteiger partial charge in [0.05, 0.1) is 0 Å². The van der Waals surface area contributed by atoms with Crippen molar-refractivity contribution < 1.29 is 0 Å². The molecule has 0 amide bonds. The first kappa shape index (κ1) is 9.78. The summed E-state index contributed by atoms with van der Waals surface area (Å²) in [7, 11) is 0. The van der Waals surface area contributed by atoms with E-state index in [1.54, 1.807) is 0 Å². The summed E-state index contributed by atoms with van der Waals surface area (Å²) >= 11 is 0. The topological polar surface area (TPSA) is 28.7 Å². The molecule has 0 aliphatic heterocycles. The van der Waals surface area contributed by atoms with E-state index in [0.717, 1.165) is 5.65 Å². The van der Waals surface area contributed by atoms with E-state index in [1.807, 2.05) is 18.5 Å². The number of aromatic amines is 1. The quantitative estimate of drug-likeness (QED) is 0.709. The van der Waals surface area contributed by atoms with Gasteiger partial charge in [0.25, 0.3) is 0 Å². The number of aromatic nitrogens is 2. The maximum Gasteiger partial charge on any atom is 0.137 e. The zero-order valence-electron chi connectivity index (χ0n) is 7.33. The highest BCUT2D eigenvalue weighted by Crippen LogP contribution is 2.17. The van der Waals surface area contributed by atoms with Crippen molar-refractivity contribution in [2.24, 2.45) is 0 Å². The Kier molecular flexibility index (Phi) is 2.71. The van der Waals surface area contributed by atoms with Gasteiger partial charge in [0.2, 0.25) is 0 Å². The maximum atomic E-state index is 4.31. The molecule has 0 atom stereocenters. The molecule has 0 aliphatic carbocycles. The molecule has 2 rings (SSSR count). The molecule has 2 nitrogen and oxygen atoms in total. The average Bonchev–Trinajstić information content (AvgIpc) is 2.49. The van der Waals surface area contributed by atoms with Gasteiger partial charge in [0.1, 0.15) is 5.65 Å². The predicted octanol–water partition coefficient (Wildman–Crippen LogP) is 3.32. The van der Waals surface area contributed by atoms with Crippen LogP contribution in [0.15, 0.2) is 24.5 Å². The third kappa shape index (κ3) is 1.72. The standard InChI is InChI=1S/C10H12N2.CH4/c1-7(2)9-5-8-3-4-11-10(8)12-6-9;/h3-7H,1-2H3,(H,11,12);1H4. The fraction of sp³-hybridized carbons (Fsp3) is 0.364. The van der Waals surface area contributed by atoms with Crippen LogP contribution in [0, 0.1) is 0 Å². The molecule has 0 saturated heterocycles. The van der Waals surface area contributed by atoms with Crippen LogP contribution in [0.3, 0.4) is 0 Å². The second kappa shape index (κ2) is 3.60. The first-order valence-electron chi connectivity index (χ1n) is 4.20. The van der Waals surface area contributed by atoms with Gasteiger partial charge in [-0.05, 0) is 23.6 Å². The molecule has 0 aromatic carbocycles. The van der Waals surface area contributed by atoms with Crippen molar-refractivity contribution in [3.63, 3.8) is 0 Å². The molecule has 1 N–H and O–H groups in total. The first-order valence-corrected chi connectivity index (χ1v) is 4.20. The predicted molar refractivity (Wildman–Crippen MR) is 56.9 cm³/mol. The van der Waals surface area contributed by atoms with Crippen molar-refractivity contribution in [3.8, 4) is 0 Å². The third-order valence-corrected chi connectivity index (χ3v) is 2.09. The lowest BCUT2D eigenvalue weighted by atomic mass is 10.1. The van der Waals surface area contributed by atoms with E-state index in [2.05, 4.69) is 29.9 Å². The van der Waals surface area contributed by atoms with Crippen molar-refractivity contribution in [1.82, 2.24) is 9.97 Å². The number of hydrogen-bond donors (Lipinski definition) is 1. The van der Waals surface area contributed by atoms with Crippen molar-refractivity contribution in [1.29, 1.82) is 0 Å². The number of rotatable bonds is 1. The number of fused-ring (bicyclic) bond motifs is 1. The Morgan fingerprint density at radius 3 is 2.85 bits per heavy atom. The largest absolute Gasteiger partial charge is 0.346 e. The Labute approximate surface area is 79.0 Å². The summed E-state index contributed by atoms with van der Waals surface area (Å²) in [6.45, 7) is 4.35. The smallest absolute Gasteiger partial charge is 0.137 e. The fourth-order valence-electron chi connectivity index (χ4n) is 1.27. The summed E-state index contributed by atoms with van der Waals surface area (Å²) in [4.78, 5) is 7.38. The van der Waals surface area contributed by atoms with Gasteiger partial charge in [0, 0.05) is 17.8 Å². The summed E-state index contributed by atoms with van der Waals surface area (Å²) in [6.07, 6.45) is 3.85. The lowest BCUT2D eigenvalue weighted by Crippen LogP contribution is -1.88. The number of H-pyrrole nitrogens is 1. The number of nitrogens with one attached hydrogen (secondary N) is 1. The van der Waals surface area contributed by atoms with Crippen LogP contribution >= 0.6 is 0 Å². The molecule has 70 valence electrons. The Morgan fingerprint density at radius 2 is 2.15 bits per heavy atom. The summed E-state index contributed by atoms with van der Waals surface area (Å²) in [6, 6.07) is 4.23. The van der Waals surface area contributed by atoms with Crippen LogP contribution in [0.2, 0.25) is 0 Å². The minimum absolute atomic E-state index is 0. The van der Waals surface area contributed by atoms with E-state index in [4.69, 9.17) is 0 Å². The van der Waals surface area contributed by atoms with Gasteiger partial charge in [-0.3, -0.25) is 0 Å². The summed E-state index contributed by atoms with van der Waals surface area (Å²) < 4.78 is 0. The molecular weight excluding hydrogens is 160 g/mol. The monoisotopic (exact) mass is 176 g/mol. The molecule has 2 aromatic heterocycles. The van der Waals surface area contributed by atoms with Crippen molar-refractivity contribution in [3.05, 3.63) is 30.1 Å². The first-order chi connectivity index (χ1) is 5.77. The molecule has 0 fully saturated rings. The highest BCUT2D eigenvalue weighted by Gasteiger charge is 2.01. The van der Waals surface area contributed by atoms with E-state index in [0.29, 0.717) is 5.92 Å². The van der Waals surface area contributed by atoms with E-state index < -0.39 is 0 Å². The van der Waals surface area contributed by atoms with Gasteiger partial charge >= 0.3 is 0 Å². The molecule has 2 aromatic rings. The van der Waals surface area contributed by atoms with Gasteiger partial charge in [-0.15, -0.1) is 0 Å². The van der Waals surface area contributed by atoms with E-state index in [9.17, 15) is 0 Å². The molecule has 2 heterocycles. The fourth-order valence-corrected chi connectivity index (χ4v) is 1.27. The second-order valence-electron chi connectivity index (χ2n) is 3.34. The van der Waals surface area contributed by atoms with E-state index in [1.165, 1.54) is 10.9 Å². The van der Waals surface area contributed by atoms with Crippen LogP contribution in [0.25, 0.3) is 11.0 Å². The summed E-state index contributed by atoms with van der Waals surface area (Å²) in [5, 5.41) is 1.20. The van der Waals surface area contributed by atoms with Crippen molar-refractivity contribution >= 4 is 11.0 Å². The van der Waals surface area contributed by atoms with Crippen LogP contribution in [0.5, 0.6) is 0 Å².